The fourth-order valence-electron chi connectivity index (χ4n) is 3.83. The van der Waals surface area contributed by atoms with Crippen LogP contribution in [0.1, 0.15) is 45.6 Å². The van der Waals surface area contributed by atoms with Gasteiger partial charge in [-0.2, -0.15) is 0 Å². The maximum absolute atomic E-state index is 10.1. The SMILES string of the molecule is C[C@@H]1CC[C@@H](C(C)(C)c2ccccc2)[C@H](OC(O)C2=NC2)C1. The number of hydrogen-bond acceptors (Lipinski definition) is 3. The zero-order valence-electron chi connectivity index (χ0n) is 13.8. The van der Waals surface area contributed by atoms with Crippen LogP contribution in [0.2, 0.25) is 0 Å². The molecule has 0 saturated heterocycles. The summed E-state index contributed by atoms with van der Waals surface area (Å²) in [6, 6.07) is 10.7. The van der Waals surface area contributed by atoms with Crippen molar-refractivity contribution in [2.45, 2.75) is 57.8 Å². The molecule has 1 aromatic carbocycles. The standard InChI is InChI=1S/C19H27NO2/c1-13-9-10-15(17(11-13)22-18(21)16-12-20-16)19(2,3)14-7-5-4-6-8-14/h4-8,13,15,17-18,21H,9-12H2,1-3H3/t13-,15-,17-,18?/m1/s1. The van der Waals surface area contributed by atoms with Gasteiger partial charge in [0.1, 0.15) is 0 Å². The largest absolute Gasteiger partial charge is 0.363 e. The fraction of sp³-hybridized carbons (Fsp3) is 0.632. The second-order valence-corrected chi connectivity index (χ2v) is 7.45. The van der Waals surface area contributed by atoms with Crippen LogP contribution in [-0.4, -0.2) is 29.8 Å². The van der Waals surface area contributed by atoms with Gasteiger partial charge in [0, 0.05) is 0 Å². The molecule has 0 spiro atoms. The van der Waals surface area contributed by atoms with E-state index in [-0.39, 0.29) is 11.5 Å². The van der Waals surface area contributed by atoms with E-state index in [0.29, 0.717) is 18.4 Å². The van der Waals surface area contributed by atoms with E-state index in [4.69, 9.17) is 4.74 Å². The predicted molar refractivity (Wildman–Crippen MR) is 89.2 cm³/mol. The molecule has 0 radical (unpaired) electrons. The Labute approximate surface area is 133 Å². The molecule has 0 aromatic heterocycles. The molecule has 1 aromatic rings. The Balaban J connectivity index is 1.80. The zero-order valence-corrected chi connectivity index (χ0v) is 13.8. The smallest absolute Gasteiger partial charge is 0.196 e. The molecule has 1 saturated carbocycles. The molecule has 2 aliphatic rings. The van der Waals surface area contributed by atoms with E-state index >= 15 is 0 Å². The first-order chi connectivity index (χ1) is 10.5. The van der Waals surface area contributed by atoms with E-state index in [9.17, 15) is 5.11 Å². The summed E-state index contributed by atoms with van der Waals surface area (Å²) in [5, 5.41) is 10.1. The minimum Gasteiger partial charge on any atom is -0.363 e. The minimum atomic E-state index is -0.802. The average molecular weight is 301 g/mol. The molecule has 1 unspecified atom stereocenters. The van der Waals surface area contributed by atoms with Crippen molar-refractivity contribution in [3.63, 3.8) is 0 Å². The van der Waals surface area contributed by atoms with Gasteiger partial charge in [-0.25, -0.2) is 0 Å². The number of aliphatic imine (C=N–C) groups is 1. The molecule has 22 heavy (non-hydrogen) atoms. The molecule has 4 atom stereocenters. The van der Waals surface area contributed by atoms with E-state index in [1.54, 1.807) is 0 Å². The van der Waals surface area contributed by atoms with Crippen LogP contribution in [0, 0.1) is 11.8 Å². The summed E-state index contributed by atoms with van der Waals surface area (Å²) in [5.41, 5.74) is 2.19. The Hall–Kier alpha value is -1.19. The van der Waals surface area contributed by atoms with E-state index < -0.39 is 6.29 Å². The molecule has 0 amide bonds. The highest BCUT2D eigenvalue weighted by atomic mass is 16.6. The number of nitrogens with zero attached hydrogens (tertiary/aromatic N) is 1. The van der Waals surface area contributed by atoms with Crippen molar-refractivity contribution in [3.05, 3.63) is 35.9 Å². The van der Waals surface area contributed by atoms with Crippen LogP contribution in [0.4, 0.5) is 0 Å². The second kappa shape index (κ2) is 6.13. The molecule has 3 nitrogen and oxygen atoms in total. The predicted octanol–water partition coefficient (Wildman–Crippen LogP) is 3.56. The van der Waals surface area contributed by atoms with Gasteiger partial charge in [-0.3, -0.25) is 4.99 Å². The summed E-state index contributed by atoms with van der Waals surface area (Å²) in [5.74, 6) is 1.07. The summed E-state index contributed by atoms with van der Waals surface area (Å²) in [4.78, 5) is 4.07. The van der Waals surface area contributed by atoms with Crippen molar-refractivity contribution in [3.8, 4) is 0 Å². The number of ether oxygens (including phenoxy) is 1. The summed E-state index contributed by atoms with van der Waals surface area (Å²) < 4.78 is 6.03. The monoisotopic (exact) mass is 301 g/mol. The van der Waals surface area contributed by atoms with Gasteiger partial charge in [-0.1, -0.05) is 57.5 Å². The molecule has 3 heteroatoms. The third-order valence-corrected chi connectivity index (χ3v) is 5.43. The van der Waals surface area contributed by atoms with Crippen molar-refractivity contribution in [2.75, 3.05) is 6.54 Å². The van der Waals surface area contributed by atoms with Crippen molar-refractivity contribution in [1.82, 2.24) is 0 Å². The van der Waals surface area contributed by atoms with Crippen molar-refractivity contribution in [1.29, 1.82) is 0 Å². The first kappa shape index (κ1) is 15.7. The number of rotatable bonds is 5. The quantitative estimate of drug-likeness (QED) is 0.845. The van der Waals surface area contributed by atoms with Crippen molar-refractivity contribution >= 4 is 5.71 Å². The maximum Gasteiger partial charge on any atom is 0.196 e. The summed E-state index contributed by atoms with van der Waals surface area (Å²) in [6.45, 7) is 7.56. The Kier molecular flexibility index (Phi) is 4.37. The van der Waals surface area contributed by atoms with Crippen LogP contribution in [0.25, 0.3) is 0 Å². The van der Waals surface area contributed by atoms with Gasteiger partial charge < -0.3 is 9.84 Å². The molecule has 3 rings (SSSR count). The molecule has 1 heterocycles. The molecule has 1 N–H and O–H groups in total. The molecule has 1 fully saturated rings. The Morgan fingerprint density at radius 1 is 1.23 bits per heavy atom. The molecule has 0 bridgehead atoms. The highest BCUT2D eigenvalue weighted by Gasteiger charge is 2.42. The summed E-state index contributed by atoms with van der Waals surface area (Å²) >= 11 is 0. The van der Waals surface area contributed by atoms with Gasteiger partial charge in [0.15, 0.2) is 6.29 Å². The lowest BCUT2D eigenvalue weighted by Gasteiger charge is -2.44. The lowest BCUT2D eigenvalue weighted by Crippen LogP contribution is -2.44. The lowest BCUT2D eigenvalue weighted by molar-refractivity contribution is -0.136. The van der Waals surface area contributed by atoms with E-state index in [1.807, 2.05) is 0 Å². The zero-order chi connectivity index (χ0) is 15.7. The van der Waals surface area contributed by atoms with Crippen LogP contribution in [-0.2, 0) is 10.2 Å². The number of aliphatic hydroxyl groups is 1. The average Bonchev–Trinajstić information content (AvgIpc) is 3.32. The van der Waals surface area contributed by atoms with E-state index in [2.05, 4.69) is 56.1 Å². The normalized spacial score (nSPS) is 29.8. The van der Waals surface area contributed by atoms with Gasteiger partial charge >= 0.3 is 0 Å². The number of aliphatic hydroxyl groups excluding tert-OH is 1. The summed E-state index contributed by atoms with van der Waals surface area (Å²) in [6.07, 6.45) is 2.69. The topological polar surface area (TPSA) is 41.8 Å². The van der Waals surface area contributed by atoms with Crippen LogP contribution in [0.3, 0.4) is 0 Å². The van der Waals surface area contributed by atoms with E-state index in [0.717, 1.165) is 18.6 Å². The van der Waals surface area contributed by atoms with Crippen molar-refractivity contribution < 1.29 is 9.84 Å². The van der Waals surface area contributed by atoms with Gasteiger partial charge in [-0.05, 0) is 35.7 Å². The number of hydrogen-bond donors (Lipinski definition) is 1. The van der Waals surface area contributed by atoms with Gasteiger partial charge in [0.25, 0.3) is 0 Å². The number of benzene rings is 1. The first-order valence-electron chi connectivity index (χ1n) is 8.40. The molecular weight excluding hydrogens is 274 g/mol. The van der Waals surface area contributed by atoms with Crippen LogP contribution in [0.15, 0.2) is 35.3 Å². The summed E-state index contributed by atoms with van der Waals surface area (Å²) in [7, 11) is 0. The minimum absolute atomic E-state index is 0.0388. The third kappa shape index (κ3) is 3.26. The van der Waals surface area contributed by atoms with Gasteiger partial charge in [0.2, 0.25) is 0 Å². The van der Waals surface area contributed by atoms with Crippen LogP contribution in [0.5, 0.6) is 0 Å². The fourth-order valence-corrected chi connectivity index (χ4v) is 3.83. The van der Waals surface area contributed by atoms with Gasteiger partial charge in [-0.15, -0.1) is 0 Å². The van der Waals surface area contributed by atoms with Crippen molar-refractivity contribution in [2.24, 2.45) is 16.8 Å². The van der Waals surface area contributed by atoms with E-state index in [1.165, 1.54) is 12.0 Å². The Bertz CT molecular complexity index is 538. The third-order valence-electron chi connectivity index (χ3n) is 5.43. The first-order valence-corrected chi connectivity index (χ1v) is 8.40. The molecule has 1 aliphatic carbocycles. The molecule has 120 valence electrons. The molecular formula is C19H27NO2. The molecule has 1 aliphatic heterocycles. The lowest BCUT2D eigenvalue weighted by atomic mass is 9.64. The Morgan fingerprint density at radius 2 is 1.91 bits per heavy atom. The van der Waals surface area contributed by atoms with Crippen LogP contribution < -0.4 is 0 Å². The Morgan fingerprint density at radius 3 is 2.55 bits per heavy atom. The highest BCUT2D eigenvalue weighted by molar-refractivity contribution is 5.99. The van der Waals surface area contributed by atoms with Crippen LogP contribution >= 0.6 is 0 Å². The maximum atomic E-state index is 10.1. The van der Waals surface area contributed by atoms with Gasteiger partial charge in [0.05, 0.1) is 18.4 Å². The second-order valence-electron chi connectivity index (χ2n) is 7.45. The highest BCUT2D eigenvalue weighted by Crippen LogP contribution is 2.43.